The number of amides is 1. The van der Waals surface area contributed by atoms with Crippen molar-refractivity contribution in [3.63, 3.8) is 0 Å². The van der Waals surface area contributed by atoms with Gasteiger partial charge in [-0.15, -0.1) is 0 Å². The van der Waals surface area contributed by atoms with E-state index in [1.807, 2.05) is 0 Å². The number of nitrogens with zero attached hydrogens (tertiary/aromatic N) is 3. The van der Waals surface area contributed by atoms with E-state index in [2.05, 4.69) is 0 Å². The number of nitro groups is 1. The Bertz CT molecular complexity index is 713. The molecule has 26 heavy (non-hydrogen) atoms. The lowest BCUT2D eigenvalue weighted by Crippen LogP contribution is -2.50. The number of carbonyl (C=O) groups is 1. The summed E-state index contributed by atoms with van der Waals surface area (Å²) >= 11 is 0. The summed E-state index contributed by atoms with van der Waals surface area (Å²) in [6.07, 6.45) is -0.501. The molecule has 0 bridgehead atoms. The van der Waals surface area contributed by atoms with Gasteiger partial charge >= 0.3 is 11.8 Å². The molecule has 0 aromatic heterocycles. The highest BCUT2D eigenvalue weighted by Gasteiger charge is 2.32. The third-order valence-electron chi connectivity index (χ3n) is 3.78. The first-order valence-corrected chi connectivity index (χ1v) is 7.98. The predicted octanol–water partition coefficient (Wildman–Crippen LogP) is 2.94. The Morgan fingerprint density at radius 3 is 2.27 bits per heavy atom. The number of rotatable bonds is 3. The van der Waals surface area contributed by atoms with Gasteiger partial charge in [0.2, 0.25) is 5.75 Å². The molecule has 0 radical (unpaired) electrons. The zero-order valence-electron chi connectivity index (χ0n) is 15.0. The minimum absolute atomic E-state index is 0.147. The monoisotopic (exact) mass is 373 g/mol. The van der Waals surface area contributed by atoms with Gasteiger partial charge in [-0.05, 0) is 20.8 Å². The van der Waals surface area contributed by atoms with E-state index in [0.717, 1.165) is 7.11 Å². The molecule has 1 aliphatic rings. The van der Waals surface area contributed by atoms with Gasteiger partial charge in [-0.25, -0.2) is 13.6 Å². The number of methoxy groups -OCH3 is 1. The molecule has 1 aromatic carbocycles. The van der Waals surface area contributed by atoms with E-state index in [4.69, 9.17) is 9.47 Å². The normalized spacial score (nSPS) is 15.0. The van der Waals surface area contributed by atoms with E-state index < -0.39 is 45.4 Å². The Balaban J connectivity index is 2.19. The van der Waals surface area contributed by atoms with Crippen LogP contribution in [-0.4, -0.2) is 54.8 Å². The molecule has 1 fully saturated rings. The maximum absolute atomic E-state index is 14.6. The smallest absolute Gasteiger partial charge is 0.410 e. The molecule has 0 N–H and O–H groups in total. The van der Waals surface area contributed by atoms with Gasteiger partial charge < -0.3 is 19.3 Å². The van der Waals surface area contributed by atoms with Crippen LogP contribution in [0.15, 0.2) is 6.07 Å². The Morgan fingerprint density at radius 2 is 1.81 bits per heavy atom. The fourth-order valence-electron chi connectivity index (χ4n) is 2.64. The first-order valence-electron chi connectivity index (χ1n) is 7.98. The number of carbonyl (C=O) groups excluding carboxylic acids is 1. The maximum Gasteiger partial charge on any atom is 0.410 e. The summed E-state index contributed by atoms with van der Waals surface area (Å²) in [6.45, 7) is 5.93. The van der Waals surface area contributed by atoms with Gasteiger partial charge in [0.05, 0.1) is 18.1 Å². The summed E-state index contributed by atoms with van der Waals surface area (Å²) in [4.78, 5) is 24.9. The van der Waals surface area contributed by atoms with Crippen molar-refractivity contribution < 1.29 is 28.0 Å². The van der Waals surface area contributed by atoms with Gasteiger partial charge in [-0.3, -0.25) is 10.1 Å². The molecule has 10 heteroatoms. The van der Waals surface area contributed by atoms with Crippen LogP contribution in [0.4, 0.5) is 25.0 Å². The van der Waals surface area contributed by atoms with Crippen LogP contribution in [0, 0.1) is 21.7 Å². The summed E-state index contributed by atoms with van der Waals surface area (Å²) in [5, 5.41) is 10.9. The van der Waals surface area contributed by atoms with E-state index in [1.165, 1.54) is 9.80 Å². The number of halogens is 2. The molecule has 0 unspecified atom stereocenters. The van der Waals surface area contributed by atoms with Crippen molar-refractivity contribution in [2.24, 2.45) is 0 Å². The van der Waals surface area contributed by atoms with Gasteiger partial charge in [0.1, 0.15) is 11.3 Å². The Labute approximate surface area is 149 Å². The van der Waals surface area contributed by atoms with Crippen LogP contribution in [-0.2, 0) is 4.74 Å². The lowest BCUT2D eigenvalue weighted by Gasteiger charge is -2.37. The highest BCUT2D eigenvalue weighted by Crippen LogP contribution is 2.38. The van der Waals surface area contributed by atoms with Crippen molar-refractivity contribution in [3.8, 4) is 5.75 Å². The molecule has 144 valence electrons. The summed E-state index contributed by atoms with van der Waals surface area (Å²) < 4.78 is 38.9. The van der Waals surface area contributed by atoms with E-state index in [9.17, 15) is 23.7 Å². The van der Waals surface area contributed by atoms with Gasteiger partial charge in [-0.1, -0.05) is 0 Å². The summed E-state index contributed by atoms with van der Waals surface area (Å²) in [5.41, 5.74) is -1.83. The third kappa shape index (κ3) is 4.12. The molecule has 1 saturated heterocycles. The van der Waals surface area contributed by atoms with Gasteiger partial charge in [-0.2, -0.15) is 0 Å². The largest absolute Gasteiger partial charge is 0.488 e. The molecule has 0 saturated carbocycles. The second kappa shape index (κ2) is 7.30. The van der Waals surface area contributed by atoms with Crippen molar-refractivity contribution in [1.29, 1.82) is 0 Å². The molecule has 2 rings (SSSR count). The van der Waals surface area contributed by atoms with Gasteiger partial charge in [0, 0.05) is 26.2 Å². The number of piperazine rings is 1. The molecule has 0 atom stereocenters. The zero-order valence-corrected chi connectivity index (χ0v) is 15.0. The zero-order chi connectivity index (χ0) is 19.6. The standard InChI is InChI=1S/C16H21F2N3O5/c1-16(2,3)26-15(22)20-7-5-19(6-8-20)13-10(17)9-11(21(23)24)14(25-4)12(13)18/h9H,5-8H2,1-4H3. The Kier molecular flexibility index (Phi) is 5.53. The summed E-state index contributed by atoms with van der Waals surface area (Å²) in [5.74, 6) is -2.81. The quantitative estimate of drug-likeness (QED) is 0.598. The second-order valence-corrected chi connectivity index (χ2v) is 6.78. The van der Waals surface area contributed by atoms with Crippen molar-refractivity contribution in [1.82, 2.24) is 4.90 Å². The van der Waals surface area contributed by atoms with Crippen LogP contribution in [0.25, 0.3) is 0 Å². The molecular weight excluding hydrogens is 352 g/mol. The summed E-state index contributed by atoms with van der Waals surface area (Å²) in [6, 6.07) is 0.636. The first kappa shape index (κ1) is 19.7. The first-order chi connectivity index (χ1) is 12.0. The molecule has 1 heterocycles. The van der Waals surface area contributed by atoms with Crippen LogP contribution >= 0.6 is 0 Å². The van der Waals surface area contributed by atoms with Crippen LogP contribution in [0.1, 0.15) is 20.8 Å². The maximum atomic E-state index is 14.6. The number of hydrogen-bond donors (Lipinski definition) is 0. The molecular formula is C16H21F2N3O5. The highest BCUT2D eigenvalue weighted by molar-refractivity contribution is 5.69. The fourth-order valence-corrected chi connectivity index (χ4v) is 2.64. The van der Waals surface area contributed by atoms with Crippen LogP contribution in [0.2, 0.25) is 0 Å². The molecule has 1 aliphatic heterocycles. The average Bonchev–Trinajstić information content (AvgIpc) is 2.53. The number of nitro benzene ring substituents is 1. The lowest BCUT2D eigenvalue weighted by molar-refractivity contribution is -0.386. The molecule has 0 spiro atoms. The number of ether oxygens (including phenoxy) is 2. The predicted molar refractivity (Wildman–Crippen MR) is 89.6 cm³/mol. The van der Waals surface area contributed by atoms with Crippen molar-refractivity contribution in [2.75, 3.05) is 38.2 Å². The number of anilines is 1. The van der Waals surface area contributed by atoms with Gasteiger partial charge in [0.15, 0.2) is 11.6 Å². The molecule has 0 aliphatic carbocycles. The van der Waals surface area contributed by atoms with Crippen molar-refractivity contribution in [3.05, 3.63) is 27.8 Å². The average molecular weight is 373 g/mol. The number of hydrogen-bond acceptors (Lipinski definition) is 6. The van der Waals surface area contributed by atoms with E-state index in [0.29, 0.717) is 6.07 Å². The molecule has 8 nitrogen and oxygen atoms in total. The topological polar surface area (TPSA) is 85.2 Å². The molecule has 1 amide bonds. The van der Waals surface area contributed by atoms with Crippen molar-refractivity contribution in [2.45, 2.75) is 26.4 Å². The van der Waals surface area contributed by atoms with Crippen LogP contribution < -0.4 is 9.64 Å². The SMILES string of the molecule is COc1c([N+](=O)[O-])cc(F)c(N2CCN(C(=O)OC(C)(C)C)CC2)c1F. The fraction of sp³-hybridized carbons (Fsp3) is 0.562. The second-order valence-electron chi connectivity index (χ2n) is 6.78. The van der Waals surface area contributed by atoms with Crippen LogP contribution in [0.5, 0.6) is 5.75 Å². The van der Waals surface area contributed by atoms with E-state index in [-0.39, 0.29) is 26.2 Å². The highest BCUT2D eigenvalue weighted by atomic mass is 19.1. The molecule has 1 aromatic rings. The summed E-state index contributed by atoms with van der Waals surface area (Å²) in [7, 11) is 1.08. The van der Waals surface area contributed by atoms with Crippen LogP contribution in [0.3, 0.4) is 0 Å². The third-order valence-corrected chi connectivity index (χ3v) is 3.78. The van der Waals surface area contributed by atoms with E-state index in [1.54, 1.807) is 20.8 Å². The Hall–Kier alpha value is -2.65. The minimum Gasteiger partial charge on any atom is -0.488 e. The number of benzene rings is 1. The van der Waals surface area contributed by atoms with Crippen molar-refractivity contribution >= 4 is 17.5 Å². The van der Waals surface area contributed by atoms with E-state index >= 15 is 0 Å². The lowest BCUT2D eigenvalue weighted by atomic mass is 10.2. The van der Waals surface area contributed by atoms with Gasteiger partial charge in [0.25, 0.3) is 0 Å². The Morgan fingerprint density at radius 1 is 1.23 bits per heavy atom. The minimum atomic E-state index is -1.13.